The molecule has 8 heteroatoms. The van der Waals surface area contributed by atoms with Crippen molar-refractivity contribution in [2.24, 2.45) is 0 Å². The number of hydrogen-bond acceptors (Lipinski definition) is 4. The monoisotopic (exact) mass is 288 g/mol. The zero-order chi connectivity index (χ0) is 14.6. The Morgan fingerprint density at radius 2 is 2.21 bits per heavy atom. The number of para-hydroxylation sites is 1. The maximum absolute atomic E-state index is 13.4. The summed E-state index contributed by atoms with van der Waals surface area (Å²) in [7, 11) is -4.16. The lowest BCUT2D eigenvalue weighted by Gasteiger charge is -2.12. The smallest absolute Gasteiger partial charge is 0.258 e. The first-order valence-corrected chi connectivity index (χ1v) is 6.84. The lowest BCUT2D eigenvalue weighted by molar-refractivity contribution is -0.390. The zero-order valence-corrected chi connectivity index (χ0v) is 11.0. The van der Waals surface area contributed by atoms with Gasteiger partial charge < -0.3 is 0 Å². The van der Waals surface area contributed by atoms with Crippen LogP contribution in [0.3, 0.4) is 0 Å². The molecule has 1 rings (SSSR count). The van der Waals surface area contributed by atoms with Gasteiger partial charge in [-0.05, 0) is 25.5 Å². The fourth-order valence-electron chi connectivity index (χ4n) is 1.52. The predicted molar refractivity (Wildman–Crippen MR) is 67.7 cm³/mol. The number of halogens is 1. The van der Waals surface area contributed by atoms with E-state index in [0.717, 1.165) is 18.2 Å². The SMILES string of the molecule is C=CCC(C)NS(=O)(=O)c1cccc(F)c1[N+](=O)[O-]. The highest BCUT2D eigenvalue weighted by atomic mass is 32.2. The van der Waals surface area contributed by atoms with Crippen molar-refractivity contribution >= 4 is 15.7 Å². The molecular weight excluding hydrogens is 275 g/mol. The van der Waals surface area contributed by atoms with Gasteiger partial charge in [-0.15, -0.1) is 6.58 Å². The standard InChI is InChI=1S/C11H13FN2O4S/c1-3-5-8(2)13-19(17,18)10-7-4-6-9(12)11(10)14(15)16/h3-4,6-8,13H,1,5H2,2H3. The summed E-state index contributed by atoms with van der Waals surface area (Å²) in [4.78, 5) is 9.02. The van der Waals surface area contributed by atoms with Gasteiger partial charge in [0.05, 0.1) is 4.92 Å². The third-order valence-electron chi connectivity index (χ3n) is 2.30. The maximum atomic E-state index is 13.4. The van der Waals surface area contributed by atoms with E-state index in [1.165, 1.54) is 6.08 Å². The Morgan fingerprint density at radius 1 is 1.58 bits per heavy atom. The average molecular weight is 288 g/mol. The minimum Gasteiger partial charge on any atom is -0.258 e. The van der Waals surface area contributed by atoms with E-state index >= 15 is 0 Å². The second-order valence-electron chi connectivity index (χ2n) is 3.89. The second-order valence-corrected chi connectivity index (χ2v) is 5.57. The van der Waals surface area contributed by atoms with Gasteiger partial charge in [0.25, 0.3) is 0 Å². The molecule has 0 saturated carbocycles. The van der Waals surface area contributed by atoms with E-state index in [-0.39, 0.29) is 0 Å². The number of sulfonamides is 1. The number of nitrogens with zero attached hydrogens (tertiary/aromatic N) is 1. The van der Waals surface area contributed by atoms with Gasteiger partial charge >= 0.3 is 5.69 Å². The fourth-order valence-corrected chi connectivity index (χ4v) is 2.95. The Morgan fingerprint density at radius 3 is 2.74 bits per heavy atom. The van der Waals surface area contributed by atoms with Crippen LogP contribution in [0.25, 0.3) is 0 Å². The first-order valence-electron chi connectivity index (χ1n) is 5.35. The Labute approximate surface area is 110 Å². The molecule has 0 heterocycles. The molecule has 6 nitrogen and oxygen atoms in total. The minimum atomic E-state index is -4.16. The predicted octanol–water partition coefficient (Wildman–Crippen LogP) is 1.98. The van der Waals surface area contributed by atoms with Crippen molar-refractivity contribution in [3.05, 3.63) is 46.8 Å². The summed E-state index contributed by atoms with van der Waals surface area (Å²) >= 11 is 0. The topological polar surface area (TPSA) is 89.3 Å². The first-order chi connectivity index (χ1) is 8.79. The van der Waals surface area contributed by atoms with Crippen molar-refractivity contribution in [2.45, 2.75) is 24.3 Å². The summed E-state index contributed by atoms with van der Waals surface area (Å²) in [6.07, 6.45) is 1.86. The highest BCUT2D eigenvalue weighted by Crippen LogP contribution is 2.26. The quantitative estimate of drug-likeness (QED) is 0.492. The zero-order valence-electron chi connectivity index (χ0n) is 10.2. The van der Waals surface area contributed by atoms with Crippen LogP contribution in [-0.2, 0) is 10.0 Å². The first kappa shape index (κ1) is 15.3. The second kappa shape index (κ2) is 5.89. The van der Waals surface area contributed by atoms with E-state index in [9.17, 15) is 22.9 Å². The van der Waals surface area contributed by atoms with Gasteiger partial charge in [0, 0.05) is 6.04 Å². The summed E-state index contributed by atoms with van der Waals surface area (Å²) in [6, 6.07) is 2.44. The van der Waals surface area contributed by atoms with Crippen LogP contribution in [0.4, 0.5) is 10.1 Å². The van der Waals surface area contributed by atoms with Crippen LogP contribution < -0.4 is 4.72 Å². The Hall–Kier alpha value is -1.80. The number of nitro groups is 1. The van der Waals surface area contributed by atoms with Crippen LogP contribution in [0, 0.1) is 15.9 Å². The highest BCUT2D eigenvalue weighted by molar-refractivity contribution is 7.89. The third kappa shape index (κ3) is 3.58. The van der Waals surface area contributed by atoms with E-state index in [2.05, 4.69) is 11.3 Å². The molecule has 0 radical (unpaired) electrons. The lowest BCUT2D eigenvalue weighted by atomic mass is 10.3. The fraction of sp³-hybridized carbons (Fsp3) is 0.273. The van der Waals surface area contributed by atoms with Gasteiger partial charge in [-0.3, -0.25) is 10.1 Å². The lowest BCUT2D eigenvalue weighted by Crippen LogP contribution is -2.32. The molecule has 1 aromatic rings. The van der Waals surface area contributed by atoms with Crippen molar-refractivity contribution in [3.8, 4) is 0 Å². The van der Waals surface area contributed by atoms with Crippen molar-refractivity contribution in [2.75, 3.05) is 0 Å². The summed E-state index contributed by atoms with van der Waals surface area (Å²) in [5.74, 6) is -1.19. The van der Waals surface area contributed by atoms with Crippen LogP contribution in [0.1, 0.15) is 13.3 Å². The van der Waals surface area contributed by atoms with Gasteiger partial charge in [-0.2, -0.15) is 4.39 Å². The van der Waals surface area contributed by atoms with E-state index in [1.54, 1.807) is 6.92 Å². The molecule has 1 N–H and O–H groups in total. The van der Waals surface area contributed by atoms with E-state index in [1.807, 2.05) is 0 Å². The molecule has 0 amide bonds. The summed E-state index contributed by atoms with van der Waals surface area (Å²) in [6.45, 7) is 5.03. The van der Waals surface area contributed by atoms with Crippen molar-refractivity contribution in [1.82, 2.24) is 4.72 Å². The number of hydrogen-bond donors (Lipinski definition) is 1. The molecule has 0 fully saturated rings. The molecule has 0 bridgehead atoms. The van der Waals surface area contributed by atoms with Gasteiger partial charge in [0.15, 0.2) is 4.90 Å². The molecular formula is C11H13FN2O4S. The number of nitrogens with one attached hydrogen (secondary N) is 1. The normalized spacial score (nSPS) is 12.9. The summed E-state index contributed by atoms with van der Waals surface area (Å²) in [5.41, 5.74) is -1.05. The molecule has 1 aromatic carbocycles. The van der Waals surface area contributed by atoms with Crippen LogP contribution in [0.2, 0.25) is 0 Å². The van der Waals surface area contributed by atoms with E-state index in [4.69, 9.17) is 0 Å². The maximum Gasteiger partial charge on any atom is 0.324 e. The van der Waals surface area contributed by atoms with Gasteiger partial charge in [-0.25, -0.2) is 13.1 Å². The van der Waals surface area contributed by atoms with E-state index in [0.29, 0.717) is 6.42 Å². The Balaban J connectivity index is 3.26. The Kier molecular flexibility index (Phi) is 4.73. The van der Waals surface area contributed by atoms with Gasteiger partial charge in [-0.1, -0.05) is 12.1 Å². The molecule has 0 aliphatic carbocycles. The van der Waals surface area contributed by atoms with Crippen LogP contribution in [0.15, 0.2) is 35.7 Å². The molecule has 104 valence electrons. The number of benzene rings is 1. The summed E-state index contributed by atoms with van der Waals surface area (Å²) < 4.78 is 39.5. The van der Waals surface area contributed by atoms with Crippen LogP contribution in [0.5, 0.6) is 0 Å². The van der Waals surface area contributed by atoms with Crippen molar-refractivity contribution in [3.63, 3.8) is 0 Å². The van der Waals surface area contributed by atoms with Crippen LogP contribution in [-0.4, -0.2) is 19.4 Å². The van der Waals surface area contributed by atoms with Crippen LogP contribution >= 0.6 is 0 Å². The third-order valence-corrected chi connectivity index (χ3v) is 3.92. The largest absolute Gasteiger partial charge is 0.324 e. The van der Waals surface area contributed by atoms with Crippen molar-refractivity contribution in [1.29, 1.82) is 0 Å². The van der Waals surface area contributed by atoms with Gasteiger partial charge in [0.2, 0.25) is 15.8 Å². The average Bonchev–Trinajstić information content (AvgIpc) is 2.27. The molecule has 1 atom stereocenters. The number of rotatable bonds is 6. The highest BCUT2D eigenvalue weighted by Gasteiger charge is 2.29. The van der Waals surface area contributed by atoms with E-state index < -0.39 is 37.4 Å². The molecule has 0 aliphatic rings. The molecule has 0 aromatic heterocycles. The van der Waals surface area contributed by atoms with Gasteiger partial charge in [0.1, 0.15) is 0 Å². The Bertz CT molecular complexity index is 601. The molecule has 19 heavy (non-hydrogen) atoms. The van der Waals surface area contributed by atoms with Crippen molar-refractivity contribution < 1.29 is 17.7 Å². The molecule has 0 saturated heterocycles. The molecule has 1 unspecified atom stereocenters. The molecule has 0 spiro atoms. The molecule has 0 aliphatic heterocycles. The summed E-state index contributed by atoms with van der Waals surface area (Å²) in [5, 5.41) is 10.8. The minimum absolute atomic E-state index is 0.350. The number of nitro benzene ring substituents is 1.